The van der Waals surface area contributed by atoms with Crippen LogP contribution >= 0.6 is 11.3 Å². The molecule has 6 rings (SSSR count). The fraction of sp³-hybridized carbons (Fsp3) is 0.290. The Morgan fingerprint density at radius 1 is 1.03 bits per heavy atom. The van der Waals surface area contributed by atoms with Crippen molar-refractivity contribution in [2.75, 3.05) is 19.0 Å². The molecule has 4 aromatic rings. The van der Waals surface area contributed by atoms with E-state index < -0.39 is 5.97 Å². The number of nitrogens with zero attached hydrogens (tertiary/aromatic N) is 2. The van der Waals surface area contributed by atoms with Crippen molar-refractivity contribution < 1.29 is 19.1 Å². The van der Waals surface area contributed by atoms with Gasteiger partial charge in [0.15, 0.2) is 0 Å². The van der Waals surface area contributed by atoms with E-state index >= 15 is 0 Å². The SMILES string of the molecule is CCOC(=O)c1ccccc1NC(=O)N1Cc2c(sc3c2CCCC3)-n2cccc2[C@@H]1c1cccc(OC)c1. The average Bonchev–Trinajstić information content (AvgIpc) is 3.55. The first kappa shape index (κ1) is 25.2. The highest BCUT2D eigenvalue weighted by atomic mass is 32.1. The van der Waals surface area contributed by atoms with Crippen LogP contribution in [0.4, 0.5) is 10.5 Å². The van der Waals surface area contributed by atoms with Gasteiger partial charge in [0.25, 0.3) is 0 Å². The molecule has 2 aromatic carbocycles. The molecule has 0 spiro atoms. The lowest BCUT2D eigenvalue weighted by Gasteiger charge is -2.31. The maximum atomic E-state index is 14.2. The molecule has 2 aliphatic rings. The van der Waals surface area contributed by atoms with Crippen molar-refractivity contribution in [3.8, 4) is 10.8 Å². The number of ether oxygens (including phenoxy) is 2. The molecule has 200 valence electrons. The summed E-state index contributed by atoms with van der Waals surface area (Å²) in [6.07, 6.45) is 6.57. The predicted octanol–water partition coefficient (Wildman–Crippen LogP) is 6.74. The molecular formula is C31H31N3O4S. The van der Waals surface area contributed by atoms with E-state index in [0.717, 1.165) is 36.3 Å². The van der Waals surface area contributed by atoms with Crippen molar-refractivity contribution in [3.05, 3.63) is 99.7 Å². The molecule has 0 bridgehead atoms. The zero-order valence-electron chi connectivity index (χ0n) is 22.1. The zero-order chi connectivity index (χ0) is 26.9. The molecule has 8 heteroatoms. The van der Waals surface area contributed by atoms with Crippen molar-refractivity contribution >= 4 is 29.0 Å². The maximum Gasteiger partial charge on any atom is 0.340 e. The summed E-state index contributed by atoms with van der Waals surface area (Å²) in [7, 11) is 1.65. The molecule has 3 heterocycles. The summed E-state index contributed by atoms with van der Waals surface area (Å²) in [6.45, 7) is 2.48. The van der Waals surface area contributed by atoms with Crippen LogP contribution in [0.15, 0.2) is 66.9 Å². The molecule has 0 fully saturated rings. The number of esters is 1. The van der Waals surface area contributed by atoms with Gasteiger partial charge in [0.1, 0.15) is 10.8 Å². The van der Waals surface area contributed by atoms with Crippen LogP contribution in [0, 0.1) is 0 Å². The minimum atomic E-state index is -0.461. The quantitative estimate of drug-likeness (QED) is 0.284. The first-order chi connectivity index (χ1) is 19.1. The van der Waals surface area contributed by atoms with E-state index in [1.165, 1.54) is 27.4 Å². The number of para-hydroxylation sites is 1. The molecule has 0 radical (unpaired) electrons. The van der Waals surface area contributed by atoms with Crippen LogP contribution in [-0.2, 0) is 24.1 Å². The Morgan fingerprint density at radius 2 is 1.87 bits per heavy atom. The molecule has 1 aliphatic heterocycles. The minimum absolute atomic E-state index is 0.258. The lowest BCUT2D eigenvalue weighted by atomic mass is 9.95. The summed E-state index contributed by atoms with van der Waals surface area (Å²) in [5.74, 6) is 0.270. The summed E-state index contributed by atoms with van der Waals surface area (Å²) in [5, 5.41) is 4.24. The number of carbonyl (C=O) groups excluding carboxylic acids is 2. The molecule has 1 aliphatic carbocycles. The van der Waals surface area contributed by atoms with Crippen molar-refractivity contribution in [2.45, 2.75) is 45.2 Å². The number of hydrogen-bond acceptors (Lipinski definition) is 5. The predicted molar refractivity (Wildman–Crippen MR) is 152 cm³/mol. The van der Waals surface area contributed by atoms with E-state index in [0.29, 0.717) is 17.8 Å². The molecule has 1 atom stereocenters. The highest BCUT2D eigenvalue weighted by Crippen LogP contribution is 2.44. The van der Waals surface area contributed by atoms with Gasteiger partial charge in [-0.2, -0.15) is 0 Å². The Morgan fingerprint density at radius 3 is 2.72 bits per heavy atom. The molecule has 0 saturated carbocycles. The Balaban J connectivity index is 1.47. The smallest absolute Gasteiger partial charge is 0.340 e. The number of anilines is 1. The van der Waals surface area contributed by atoms with Crippen LogP contribution in [0.3, 0.4) is 0 Å². The number of carbonyl (C=O) groups is 2. The number of fused-ring (bicyclic) bond motifs is 5. The maximum absolute atomic E-state index is 14.2. The van der Waals surface area contributed by atoms with Gasteiger partial charge >= 0.3 is 12.0 Å². The first-order valence-corrected chi connectivity index (χ1v) is 14.2. The van der Waals surface area contributed by atoms with Gasteiger partial charge in [-0.1, -0.05) is 24.3 Å². The van der Waals surface area contributed by atoms with Crippen LogP contribution in [0.2, 0.25) is 0 Å². The molecule has 39 heavy (non-hydrogen) atoms. The first-order valence-electron chi connectivity index (χ1n) is 13.4. The van der Waals surface area contributed by atoms with Gasteiger partial charge in [0, 0.05) is 16.6 Å². The van der Waals surface area contributed by atoms with E-state index in [4.69, 9.17) is 9.47 Å². The number of hydrogen-bond donors (Lipinski definition) is 1. The van der Waals surface area contributed by atoms with Gasteiger partial charge < -0.3 is 24.3 Å². The second-order valence-electron chi connectivity index (χ2n) is 9.80. The number of methoxy groups -OCH3 is 1. The number of aromatic nitrogens is 1. The monoisotopic (exact) mass is 541 g/mol. The third-order valence-corrected chi connectivity index (χ3v) is 8.85. The van der Waals surface area contributed by atoms with Gasteiger partial charge in [0.2, 0.25) is 0 Å². The molecule has 2 aromatic heterocycles. The summed E-state index contributed by atoms with van der Waals surface area (Å²) in [5.41, 5.74) is 5.32. The summed E-state index contributed by atoms with van der Waals surface area (Å²) < 4.78 is 13.0. The second kappa shape index (κ2) is 10.6. The number of benzene rings is 2. The zero-order valence-corrected chi connectivity index (χ0v) is 22.9. The van der Waals surface area contributed by atoms with E-state index in [-0.39, 0.29) is 18.7 Å². The van der Waals surface area contributed by atoms with Crippen LogP contribution in [-0.4, -0.2) is 35.2 Å². The Hall–Kier alpha value is -4.04. The number of thiophene rings is 1. The molecule has 2 amide bonds. The van der Waals surface area contributed by atoms with Crippen LogP contribution < -0.4 is 10.1 Å². The normalized spacial score (nSPS) is 15.9. The third-order valence-electron chi connectivity index (χ3n) is 7.51. The van der Waals surface area contributed by atoms with Crippen LogP contribution in [0.25, 0.3) is 5.00 Å². The van der Waals surface area contributed by atoms with E-state index in [1.54, 1.807) is 38.3 Å². The Bertz CT molecular complexity index is 1540. The van der Waals surface area contributed by atoms with Gasteiger partial charge in [-0.15, -0.1) is 11.3 Å². The van der Waals surface area contributed by atoms with Gasteiger partial charge in [-0.05, 0) is 80.1 Å². The second-order valence-corrected chi connectivity index (χ2v) is 10.9. The lowest BCUT2D eigenvalue weighted by Crippen LogP contribution is -2.38. The largest absolute Gasteiger partial charge is 0.497 e. The molecule has 0 saturated heterocycles. The molecule has 7 nitrogen and oxygen atoms in total. The van der Waals surface area contributed by atoms with Gasteiger partial charge in [-0.25, -0.2) is 9.59 Å². The summed E-state index contributed by atoms with van der Waals surface area (Å²) in [6, 6.07) is 18.4. The fourth-order valence-corrected chi connectivity index (χ4v) is 7.12. The topological polar surface area (TPSA) is 72.8 Å². The summed E-state index contributed by atoms with van der Waals surface area (Å²) >= 11 is 1.85. The van der Waals surface area contributed by atoms with Crippen LogP contribution in [0.5, 0.6) is 5.75 Å². The number of urea groups is 1. The molecular weight excluding hydrogens is 510 g/mol. The summed E-state index contributed by atoms with van der Waals surface area (Å²) in [4.78, 5) is 30.2. The Labute approximate surface area is 232 Å². The Kier molecular flexibility index (Phi) is 6.87. The number of rotatable bonds is 5. The standard InChI is InChI=1S/C31H31N3O4S/c1-3-38-30(35)23-13-4-6-14-25(23)32-31(36)34-19-24-22-12-5-7-16-27(22)39-29(24)33-17-9-15-26(33)28(34)20-10-8-11-21(18-20)37-2/h4,6,8-11,13-15,17-18,28H,3,5,7,12,16,19H2,1-2H3,(H,32,36)/t28-/m0/s1. The number of aryl methyl sites for hydroxylation is 1. The number of nitrogens with one attached hydrogen (secondary N) is 1. The fourth-order valence-electron chi connectivity index (χ4n) is 5.71. The minimum Gasteiger partial charge on any atom is -0.497 e. The van der Waals surface area contributed by atoms with Crippen molar-refractivity contribution in [1.82, 2.24) is 9.47 Å². The van der Waals surface area contributed by atoms with Crippen LogP contribution in [0.1, 0.15) is 63.4 Å². The highest BCUT2D eigenvalue weighted by molar-refractivity contribution is 7.15. The third kappa shape index (κ3) is 4.59. The lowest BCUT2D eigenvalue weighted by molar-refractivity contribution is 0.0527. The van der Waals surface area contributed by atoms with E-state index in [2.05, 4.69) is 22.1 Å². The van der Waals surface area contributed by atoms with E-state index in [1.807, 2.05) is 46.6 Å². The van der Waals surface area contributed by atoms with Gasteiger partial charge in [0.05, 0.1) is 43.2 Å². The van der Waals surface area contributed by atoms with Crippen molar-refractivity contribution in [3.63, 3.8) is 0 Å². The van der Waals surface area contributed by atoms with E-state index in [9.17, 15) is 9.59 Å². The highest BCUT2D eigenvalue weighted by Gasteiger charge is 2.36. The van der Waals surface area contributed by atoms with Crippen molar-refractivity contribution in [1.29, 1.82) is 0 Å². The molecule has 1 N–H and O–H groups in total. The van der Waals surface area contributed by atoms with Gasteiger partial charge in [-0.3, -0.25) is 0 Å². The number of amides is 2. The molecule has 0 unspecified atom stereocenters. The van der Waals surface area contributed by atoms with Crippen molar-refractivity contribution in [2.24, 2.45) is 0 Å². The average molecular weight is 542 g/mol.